The molecular weight excluding hydrogens is 442 g/mol. The Morgan fingerprint density at radius 2 is 1.53 bits per heavy atom. The summed E-state index contributed by atoms with van der Waals surface area (Å²) >= 11 is 3.49. The smallest absolute Gasteiger partial charge is 0.162 e. The van der Waals surface area contributed by atoms with Gasteiger partial charge >= 0.3 is 0 Å². The summed E-state index contributed by atoms with van der Waals surface area (Å²) in [5, 5.41) is 0.909. The third-order valence-electron chi connectivity index (χ3n) is 4.91. The molecule has 3 aromatic carbocycles. The first-order chi connectivity index (χ1) is 14.6. The van der Waals surface area contributed by atoms with Crippen LogP contribution in [0.2, 0.25) is 0 Å². The number of anilines is 1. The van der Waals surface area contributed by atoms with Crippen LogP contribution in [0.3, 0.4) is 0 Å². The van der Waals surface area contributed by atoms with Gasteiger partial charge < -0.3 is 14.4 Å². The summed E-state index contributed by atoms with van der Waals surface area (Å²) in [5.74, 6) is 2.79. The van der Waals surface area contributed by atoms with Gasteiger partial charge in [0.2, 0.25) is 0 Å². The van der Waals surface area contributed by atoms with Crippen LogP contribution in [0, 0.1) is 0 Å². The van der Waals surface area contributed by atoms with Gasteiger partial charge in [-0.15, -0.1) is 0 Å². The maximum absolute atomic E-state index is 5.52. The van der Waals surface area contributed by atoms with E-state index in [1.807, 2.05) is 61.6 Å². The molecule has 0 fully saturated rings. The van der Waals surface area contributed by atoms with Crippen molar-refractivity contribution in [2.75, 3.05) is 26.2 Å². The van der Waals surface area contributed by atoms with E-state index >= 15 is 0 Å². The third-order valence-corrected chi connectivity index (χ3v) is 5.44. The van der Waals surface area contributed by atoms with Gasteiger partial charge in [-0.2, -0.15) is 0 Å². The van der Waals surface area contributed by atoms with Gasteiger partial charge in [0.1, 0.15) is 5.82 Å². The van der Waals surface area contributed by atoms with Crippen LogP contribution in [-0.2, 0) is 6.54 Å². The highest BCUT2D eigenvalue weighted by atomic mass is 79.9. The van der Waals surface area contributed by atoms with Crippen LogP contribution >= 0.6 is 15.9 Å². The van der Waals surface area contributed by atoms with Gasteiger partial charge in [0, 0.05) is 35.1 Å². The van der Waals surface area contributed by atoms with Crippen LogP contribution in [0.25, 0.3) is 22.3 Å². The summed E-state index contributed by atoms with van der Waals surface area (Å²) < 4.78 is 12.0. The van der Waals surface area contributed by atoms with Crippen molar-refractivity contribution in [3.8, 4) is 22.9 Å². The first kappa shape index (κ1) is 20.2. The Bertz CT molecular complexity index is 1160. The number of hydrogen-bond acceptors (Lipinski definition) is 5. The van der Waals surface area contributed by atoms with Gasteiger partial charge in [0.25, 0.3) is 0 Å². The van der Waals surface area contributed by atoms with Crippen molar-refractivity contribution in [2.24, 2.45) is 0 Å². The van der Waals surface area contributed by atoms with Crippen LogP contribution in [0.5, 0.6) is 11.5 Å². The van der Waals surface area contributed by atoms with Crippen molar-refractivity contribution in [2.45, 2.75) is 6.54 Å². The second kappa shape index (κ2) is 8.71. The van der Waals surface area contributed by atoms with Gasteiger partial charge in [-0.05, 0) is 23.8 Å². The fourth-order valence-corrected chi connectivity index (χ4v) is 3.66. The van der Waals surface area contributed by atoms with Crippen molar-refractivity contribution >= 4 is 32.7 Å². The highest BCUT2D eigenvalue weighted by molar-refractivity contribution is 9.10. The van der Waals surface area contributed by atoms with Crippen LogP contribution in [0.1, 0.15) is 5.56 Å². The lowest BCUT2D eigenvalue weighted by Gasteiger charge is -2.21. The number of hydrogen-bond donors (Lipinski definition) is 0. The second-order valence-electron chi connectivity index (χ2n) is 6.94. The lowest BCUT2D eigenvalue weighted by atomic mass is 10.1. The Morgan fingerprint density at radius 3 is 2.20 bits per heavy atom. The molecule has 152 valence electrons. The molecule has 0 saturated carbocycles. The van der Waals surface area contributed by atoms with Gasteiger partial charge in [-0.1, -0.05) is 58.4 Å². The summed E-state index contributed by atoms with van der Waals surface area (Å²) in [4.78, 5) is 11.9. The van der Waals surface area contributed by atoms with Crippen LogP contribution in [-0.4, -0.2) is 31.2 Å². The molecule has 5 nitrogen and oxygen atoms in total. The topological polar surface area (TPSA) is 47.5 Å². The van der Waals surface area contributed by atoms with Crippen LogP contribution in [0.15, 0.2) is 71.2 Å². The molecule has 0 spiro atoms. The Hall–Kier alpha value is -3.12. The van der Waals surface area contributed by atoms with E-state index in [-0.39, 0.29) is 0 Å². The fraction of sp³-hybridized carbons (Fsp3) is 0.167. The van der Waals surface area contributed by atoms with E-state index in [2.05, 4.69) is 33.0 Å². The van der Waals surface area contributed by atoms with E-state index in [1.54, 1.807) is 14.2 Å². The number of ether oxygens (including phenoxy) is 2. The first-order valence-electron chi connectivity index (χ1n) is 9.54. The molecule has 0 aliphatic rings. The zero-order valence-corrected chi connectivity index (χ0v) is 18.7. The number of benzene rings is 3. The molecule has 4 rings (SSSR count). The highest BCUT2D eigenvalue weighted by Gasteiger charge is 2.17. The minimum Gasteiger partial charge on any atom is -0.493 e. The molecule has 1 aromatic heterocycles. The lowest BCUT2D eigenvalue weighted by molar-refractivity contribution is 0.356. The van der Waals surface area contributed by atoms with E-state index in [1.165, 1.54) is 5.56 Å². The summed E-state index contributed by atoms with van der Waals surface area (Å²) in [7, 11) is 5.30. The second-order valence-corrected chi connectivity index (χ2v) is 7.86. The van der Waals surface area contributed by atoms with Gasteiger partial charge in [0.05, 0.1) is 19.7 Å². The average Bonchev–Trinajstić information content (AvgIpc) is 2.78. The van der Waals surface area contributed by atoms with Gasteiger partial charge in [0.15, 0.2) is 17.3 Å². The molecule has 4 aromatic rings. The molecular formula is C24H22BrN3O2. The summed E-state index contributed by atoms with van der Waals surface area (Å²) in [6, 6.07) is 22.2. The monoisotopic (exact) mass is 463 g/mol. The van der Waals surface area contributed by atoms with Gasteiger partial charge in [-0.25, -0.2) is 9.97 Å². The SMILES string of the molecule is COc1cc2nc(-c3ccc(Br)cc3)nc(N(C)Cc3ccccc3)c2cc1OC. The number of methoxy groups -OCH3 is 2. The predicted molar refractivity (Wildman–Crippen MR) is 124 cm³/mol. The maximum Gasteiger partial charge on any atom is 0.162 e. The summed E-state index contributed by atoms with van der Waals surface area (Å²) in [6.07, 6.45) is 0. The highest BCUT2D eigenvalue weighted by Crippen LogP contribution is 2.36. The van der Waals surface area contributed by atoms with Gasteiger partial charge in [-0.3, -0.25) is 0 Å². The molecule has 0 aliphatic carbocycles. The number of halogens is 1. The molecule has 0 bridgehead atoms. The molecule has 0 N–H and O–H groups in total. The largest absolute Gasteiger partial charge is 0.493 e. The van der Waals surface area contributed by atoms with Crippen molar-refractivity contribution < 1.29 is 9.47 Å². The Morgan fingerprint density at radius 1 is 0.867 bits per heavy atom. The number of rotatable bonds is 6. The van der Waals surface area contributed by atoms with Crippen molar-refractivity contribution in [1.29, 1.82) is 0 Å². The molecule has 0 atom stereocenters. The van der Waals surface area contributed by atoms with Crippen LogP contribution in [0.4, 0.5) is 5.82 Å². The fourth-order valence-electron chi connectivity index (χ4n) is 3.39. The molecule has 30 heavy (non-hydrogen) atoms. The molecule has 0 radical (unpaired) electrons. The average molecular weight is 464 g/mol. The summed E-state index contributed by atoms with van der Waals surface area (Å²) in [6.45, 7) is 0.723. The standard InChI is InChI=1S/C24H22BrN3O2/c1-28(15-16-7-5-4-6-8-16)24-19-13-21(29-2)22(30-3)14-20(19)26-23(27-24)17-9-11-18(25)12-10-17/h4-14H,15H2,1-3H3. The van der Waals surface area contributed by atoms with Crippen LogP contribution < -0.4 is 14.4 Å². The van der Waals surface area contributed by atoms with Crippen molar-refractivity contribution in [3.63, 3.8) is 0 Å². The lowest BCUT2D eigenvalue weighted by Crippen LogP contribution is -2.18. The van der Waals surface area contributed by atoms with E-state index in [9.17, 15) is 0 Å². The molecule has 0 aliphatic heterocycles. The Balaban J connectivity index is 1.89. The minimum absolute atomic E-state index is 0.641. The molecule has 6 heteroatoms. The van der Waals surface area contributed by atoms with E-state index in [4.69, 9.17) is 19.4 Å². The van der Waals surface area contributed by atoms with Crippen molar-refractivity contribution in [1.82, 2.24) is 9.97 Å². The first-order valence-corrected chi connectivity index (χ1v) is 10.3. The number of fused-ring (bicyclic) bond motifs is 1. The normalized spacial score (nSPS) is 10.8. The minimum atomic E-state index is 0.641. The Labute approximate surface area is 184 Å². The molecule has 0 unspecified atom stereocenters. The maximum atomic E-state index is 5.52. The number of nitrogens with zero attached hydrogens (tertiary/aromatic N) is 3. The molecule has 0 saturated heterocycles. The van der Waals surface area contributed by atoms with E-state index in [0.29, 0.717) is 17.3 Å². The van der Waals surface area contributed by atoms with E-state index < -0.39 is 0 Å². The molecule has 1 heterocycles. The predicted octanol–water partition coefficient (Wildman–Crippen LogP) is 5.71. The zero-order chi connectivity index (χ0) is 21.1. The number of aromatic nitrogens is 2. The quantitative estimate of drug-likeness (QED) is 0.366. The molecule has 0 amide bonds. The Kier molecular flexibility index (Phi) is 5.86. The third kappa shape index (κ3) is 4.09. The summed E-state index contributed by atoms with van der Waals surface area (Å²) in [5.41, 5.74) is 2.96. The zero-order valence-electron chi connectivity index (χ0n) is 17.1. The van der Waals surface area contributed by atoms with E-state index in [0.717, 1.165) is 33.3 Å². The van der Waals surface area contributed by atoms with Crippen molar-refractivity contribution in [3.05, 3.63) is 76.8 Å².